The zero-order chi connectivity index (χ0) is 15.9. The number of thiol groups is 1. The van der Waals surface area contributed by atoms with E-state index in [9.17, 15) is 9.90 Å². The molecule has 3 rings (SSSR count). The number of phenols is 1. The Labute approximate surface area is 142 Å². The summed E-state index contributed by atoms with van der Waals surface area (Å²) in [4.78, 5) is 14.5. The zero-order valence-electron chi connectivity index (χ0n) is 11.8. The highest BCUT2D eigenvalue weighted by Gasteiger charge is 2.51. The number of benzene rings is 2. The number of nitrogens with zero attached hydrogens (tertiary/aromatic N) is 1. The summed E-state index contributed by atoms with van der Waals surface area (Å²) in [5.41, 5.74) is 0.177. The number of nitrogens with one attached hydrogen (secondary N) is 1. The number of hydrogen-bond acceptors (Lipinski definition) is 4. The van der Waals surface area contributed by atoms with Crippen molar-refractivity contribution in [2.75, 3.05) is 7.05 Å². The lowest BCUT2D eigenvalue weighted by Gasteiger charge is -2.28. The Bertz CT molecular complexity index is 722. The zero-order valence-corrected chi connectivity index (χ0v) is 14.3. The number of phenolic OH excluding ortho intramolecular Hbond substituents is 1. The van der Waals surface area contributed by atoms with Gasteiger partial charge < -0.3 is 10.0 Å². The summed E-state index contributed by atoms with van der Waals surface area (Å²) in [5.74, 6) is 0.0747. The summed E-state index contributed by atoms with van der Waals surface area (Å²) in [6.07, 6.45) is 0. The van der Waals surface area contributed by atoms with E-state index in [1.807, 2.05) is 24.3 Å². The van der Waals surface area contributed by atoms with Gasteiger partial charge >= 0.3 is 0 Å². The van der Waals surface area contributed by atoms with Gasteiger partial charge in [-0.2, -0.15) is 0 Å². The Morgan fingerprint density at radius 2 is 1.91 bits per heavy atom. The second kappa shape index (κ2) is 5.61. The topological polar surface area (TPSA) is 52.6 Å². The minimum Gasteiger partial charge on any atom is -0.508 e. The Balaban J connectivity index is 2.23. The lowest BCUT2D eigenvalue weighted by molar-refractivity contribution is -0.130. The molecule has 22 heavy (non-hydrogen) atoms. The van der Waals surface area contributed by atoms with Crippen LogP contribution in [-0.2, 0) is 10.3 Å². The highest BCUT2D eigenvalue weighted by molar-refractivity contribution is 9.10. The van der Waals surface area contributed by atoms with E-state index in [2.05, 4.69) is 33.9 Å². The highest BCUT2D eigenvalue weighted by Crippen LogP contribution is 2.38. The van der Waals surface area contributed by atoms with E-state index in [0.717, 1.165) is 15.6 Å². The summed E-state index contributed by atoms with van der Waals surface area (Å²) >= 11 is 7.90. The van der Waals surface area contributed by atoms with Crippen molar-refractivity contribution in [3.05, 3.63) is 64.1 Å². The van der Waals surface area contributed by atoms with Crippen LogP contribution in [0.15, 0.2) is 53.0 Å². The predicted octanol–water partition coefficient (Wildman–Crippen LogP) is 2.67. The van der Waals surface area contributed by atoms with E-state index in [4.69, 9.17) is 0 Å². The van der Waals surface area contributed by atoms with Gasteiger partial charge in [0.15, 0.2) is 5.54 Å². The van der Waals surface area contributed by atoms with E-state index in [1.165, 1.54) is 0 Å². The maximum atomic E-state index is 13.0. The van der Waals surface area contributed by atoms with Gasteiger partial charge in [-0.15, -0.1) is 12.6 Å². The average molecular weight is 379 g/mol. The first-order valence-electron chi connectivity index (χ1n) is 6.74. The number of likely N-dealkylation sites (N-methyl/N-ethyl adjacent to an activating group) is 1. The van der Waals surface area contributed by atoms with E-state index in [-0.39, 0.29) is 17.2 Å². The van der Waals surface area contributed by atoms with Crippen molar-refractivity contribution >= 4 is 34.5 Å². The first-order chi connectivity index (χ1) is 10.4. The van der Waals surface area contributed by atoms with Gasteiger partial charge in [-0.1, -0.05) is 40.2 Å². The molecule has 6 heteroatoms. The molecule has 2 aromatic carbocycles. The number of carbonyl (C=O) groups is 1. The molecule has 0 bridgehead atoms. The van der Waals surface area contributed by atoms with Crippen molar-refractivity contribution in [2.24, 2.45) is 0 Å². The van der Waals surface area contributed by atoms with Gasteiger partial charge in [0.1, 0.15) is 11.2 Å². The second-order valence-electron chi connectivity index (χ2n) is 5.24. The minimum absolute atomic E-state index is 0.0868. The first kappa shape index (κ1) is 15.4. The lowest BCUT2D eigenvalue weighted by Crippen LogP contribution is -2.45. The maximum Gasteiger partial charge on any atom is 0.253 e. The number of amides is 1. The van der Waals surface area contributed by atoms with E-state index < -0.39 is 5.54 Å². The fraction of sp³-hybridized carbons (Fsp3) is 0.188. The molecule has 1 amide bonds. The number of carbonyl (C=O) groups excluding carboxylic acids is 1. The molecule has 0 radical (unpaired) electrons. The van der Waals surface area contributed by atoms with Crippen molar-refractivity contribution < 1.29 is 9.90 Å². The Morgan fingerprint density at radius 1 is 1.23 bits per heavy atom. The van der Waals surface area contributed by atoms with Gasteiger partial charge in [0, 0.05) is 11.5 Å². The highest BCUT2D eigenvalue weighted by atomic mass is 79.9. The fourth-order valence-electron chi connectivity index (χ4n) is 2.74. The smallest absolute Gasteiger partial charge is 0.253 e. The van der Waals surface area contributed by atoms with Crippen LogP contribution in [-0.4, -0.2) is 28.5 Å². The summed E-state index contributed by atoms with van der Waals surface area (Å²) in [7, 11) is 1.72. The summed E-state index contributed by atoms with van der Waals surface area (Å²) in [6.45, 7) is 0. The monoisotopic (exact) mass is 378 g/mol. The summed E-state index contributed by atoms with van der Waals surface area (Å²) in [6, 6.07) is 14.3. The van der Waals surface area contributed by atoms with Gasteiger partial charge in [0.2, 0.25) is 0 Å². The molecule has 2 unspecified atom stereocenters. The molecule has 2 N–H and O–H groups in total. The second-order valence-corrected chi connectivity index (χ2v) is 6.65. The Hall–Kier alpha value is -1.50. The van der Waals surface area contributed by atoms with Gasteiger partial charge in [-0.25, -0.2) is 0 Å². The average Bonchev–Trinajstić information content (AvgIpc) is 2.73. The molecule has 0 aromatic heterocycles. The van der Waals surface area contributed by atoms with Gasteiger partial charge in [-0.05, 0) is 35.4 Å². The first-order valence-corrected chi connectivity index (χ1v) is 8.04. The van der Waals surface area contributed by atoms with Crippen LogP contribution in [0.2, 0.25) is 0 Å². The van der Waals surface area contributed by atoms with Crippen molar-refractivity contribution in [3.63, 3.8) is 0 Å². The van der Waals surface area contributed by atoms with Crippen LogP contribution in [0.1, 0.15) is 11.1 Å². The Kier molecular flexibility index (Phi) is 3.92. The van der Waals surface area contributed by atoms with Crippen molar-refractivity contribution in [3.8, 4) is 5.75 Å². The normalized spacial score (nSPS) is 24.8. The third kappa shape index (κ3) is 2.31. The van der Waals surface area contributed by atoms with Crippen LogP contribution in [0, 0.1) is 0 Å². The third-order valence-electron chi connectivity index (χ3n) is 3.91. The molecule has 1 aliphatic heterocycles. The maximum absolute atomic E-state index is 13.0. The minimum atomic E-state index is -1.02. The molecule has 4 nitrogen and oxygen atoms in total. The van der Waals surface area contributed by atoms with Crippen LogP contribution in [0.5, 0.6) is 5.75 Å². The van der Waals surface area contributed by atoms with Crippen LogP contribution >= 0.6 is 28.6 Å². The number of rotatable bonds is 2. The molecule has 2 atom stereocenters. The van der Waals surface area contributed by atoms with Crippen LogP contribution < -0.4 is 5.32 Å². The molecule has 114 valence electrons. The van der Waals surface area contributed by atoms with Gasteiger partial charge in [0.05, 0.1) is 0 Å². The van der Waals surface area contributed by atoms with Crippen LogP contribution in [0.4, 0.5) is 0 Å². The standard InChI is InChI=1S/C16H15BrN2O2S/c1-19-14(21)16(18-15(19)22,10-5-7-13(20)8-6-10)11-3-2-4-12(17)9-11/h2-9,15,18,20,22H,1H3. The lowest BCUT2D eigenvalue weighted by atomic mass is 9.82. The molecular weight excluding hydrogens is 364 g/mol. The van der Waals surface area contributed by atoms with Gasteiger partial charge in [-0.3, -0.25) is 10.1 Å². The molecule has 1 saturated heterocycles. The van der Waals surface area contributed by atoms with Gasteiger partial charge in [0.25, 0.3) is 5.91 Å². The third-order valence-corrected chi connectivity index (χ3v) is 4.88. The van der Waals surface area contributed by atoms with E-state index >= 15 is 0 Å². The van der Waals surface area contributed by atoms with Crippen LogP contribution in [0.3, 0.4) is 0 Å². The van der Waals surface area contributed by atoms with E-state index in [1.54, 1.807) is 36.2 Å². The molecule has 1 heterocycles. The number of aromatic hydroxyl groups is 1. The fourth-order valence-corrected chi connectivity index (χ4v) is 3.44. The number of halogens is 1. The molecule has 0 aliphatic carbocycles. The molecule has 0 saturated carbocycles. The van der Waals surface area contributed by atoms with Crippen molar-refractivity contribution in [1.29, 1.82) is 0 Å². The largest absolute Gasteiger partial charge is 0.508 e. The van der Waals surface area contributed by atoms with Crippen molar-refractivity contribution in [1.82, 2.24) is 10.2 Å². The predicted molar refractivity (Wildman–Crippen MR) is 91.7 cm³/mol. The summed E-state index contributed by atoms with van der Waals surface area (Å²) < 4.78 is 0.892. The molecule has 1 fully saturated rings. The quantitative estimate of drug-likeness (QED) is 0.704. The molecule has 2 aromatic rings. The Morgan fingerprint density at radius 3 is 2.45 bits per heavy atom. The molecule has 0 spiro atoms. The molecule has 1 aliphatic rings. The van der Waals surface area contributed by atoms with Crippen molar-refractivity contribution in [2.45, 2.75) is 11.0 Å². The summed E-state index contributed by atoms with van der Waals surface area (Å²) in [5, 5.41) is 12.8. The van der Waals surface area contributed by atoms with Crippen LogP contribution in [0.25, 0.3) is 0 Å². The van der Waals surface area contributed by atoms with E-state index in [0.29, 0.717) is 0 Å². The number of hydrogen-bond donors (Lipinski definition) is 3. The molecular formula is C16H15BrN2O2S. The SMILES string of the molecule is CN1C(=O)C(c2ccc(O)cc2)(c2cccc(Br)c2)NC1S.